The van der Waals surface area contributed by atoms with Crippen LogP contribution in [0.5, 0.6) is 0 Å². The van der Waals surface area contributed by atoms with E-state index < -0.39 is 23.2 Å². The van der Waals surface area contributed by atoms with Crippen molar-refractivity contribution < 1.29 is 22.7 Å². The molecule has 1 aromatic carbocycles. The van der Waals surface area contributed by atoms with Crippen molar-refractivity contribution in [3.63, 3.8) is 0 Å². The molecular formula is C25H32F3N5O2. The predicted octanol–water partition coefficient (Wildman–Crippen LogP) is 4.37. The summed E-state index contributed by atoms with van der Waals surface area (Å²) in [5, 5.41) is 3.07. The molecule has 0 radical (unpaired) electrons. The van der Waals surface area contributed by atoms with Gasteiger partial charge < -0.3 is 19.9 Å². The van der Waals surface area contributed by atoms with Crippen LogP contribution in [0.2, 0.25) is 0 Å². The number of amides is 1. The lowest BCUT2D eigenvalue weighted by atomic mass is 9.84. The van der Waals surface area contributed by atoms with Crippen LogP contribution >= 0.6 is 0 Å². The average molecular weight is 492 g/mol. The zero-order valence-corrected chi connectivity index (χ0v) is 20.4. The third-order valence-electron chi connectivity index (χ3n) is 6.99. The van der Waals surface area contributed by atoms with Gasteiger partial charge in [-0.25, -0.2) is 18.7 Å². The Kier molecular flexibility index (Phi) is 7.21. The maximum atomic E-state index is 15.7. The van der Waals surface area contributed by atoms with Gasteiger partial charge in [0.2, 0.25) is 11.7 Å². The highest BCUT2D eigenvalue weighted by atomic mass is 19.3. The number of hydrogen-bond donors (Lipinski definition) is 1. The summed E-state index contributed by atoms with van der Waals surface area (Å²) in [7, 11) is 3.47. The van der Waals surface area contributed by atoms with Crippen LogP contribution in [-0.2, 0) is 15.5 Å². The third-order valence-corrected chi connectivity index (χ3v) is 6.99. The number of anilines is 2. The molecule has 1 saturated carbocycles. The molecule has 2 fully saturated rings. The smallest absolute Gasteiger partial charge is 0.270 e. The van der Waals surface area contributed by atoms with E-state index in [9.17, 15) is 13.6 Å². The number of carbonyl (C=O) groups excluding carboxylic acids is 1. The Bertz CT molecular complexity index is 1040. The second kappa shape index (κ2) is 10.0. The quantitative estimate of drug-likeness (QED) is 0.621. The average Bonchev–Trinajstić information content (AvgIpc) is 3.32. The number of alkyl halides is 2. The van der Waals surface area contributed by atoms with Crippen LogP contribution in [0.25, 0.3) is 0 Å². The number of hydrogen-bond acceptors (Lipinski definition) is 6. The van der Waals surface area contributed by atoms with Gasteiger partial charge in [-0.2, -0.15) is 4.39 Å². The molecule has 0 bridgehead atoms. The first-order valence-corrected chi connectivity index (χ1v) is 11.9. The first-order valence-electron chi connectivity index (χ1n) is 11.9. The minimum Gasteiger partial charge on any atom is -0.377 e. The molecular weight excluding hydrogens is 459 g/mol. The molecule has 7 nitrogen and oxygen atoms in total. The molecule has 0 spiro atoms. The van der Waals surface area contributed by atoms with Crippen LogP contribution < -0.4 is 10.2 Å². The summed E-state index contributed by atoms with van der Waals surface area (Å²) in [4.78, 5) is 24.5. The summed E-state index contributed by atoms with van der Waals surface area (Å²) < 4.78 is 48.6. The van der Waals surface area contributed by atoms with Gasteiger partial charge in [-0.15, -0.1) is 0 Å². The third kappa shape index (κ3) is 5.22. The second-order valence-electron chi connectivity index (χ2n) is 9.69. The summed E-state index contributed by atoms with van der Waals surface area (Å²) >= 11 is 0. The molecule has 190 valence electrons. The topological polar surface area (TPSA) is 70.6 Å². The SMILES string of the molecule is CN(C)C(=O)C1(CNc2ncnc(N3CCOCC3c3ccc(C(C)(F)F)cc3)c2F)CCCC1. The van der Waals surface area contributed by atoms with Gasteiger partial charge in [0.25, 0.3) is 5.92 Å². The van der Waals surface area contributed by atoms with Crippen LogP contribution in [0.15, 0.2) is 30.6 Å². The number of nitrogens with zero attached hydrogens (tertiary/aromatic N) is 4. The van der Waals surface area contributed by atoms with Crippen molar-refractivity contribution in [2.24, 2.45) is 5.41 Å². The monoisotopic (exact) mass is 491 g/mol. The molecule has 1 aliphatic carbocycles. The fourth-order valence-corrected chi connectivity index (χ4v) is 5.06. The van der Waals surface area contributed by atoms with Crippen molar-refractivity contribution in [3.8, 4) is 0 Å². The van der Waals surface area contributed by atoms with Crippen LogP contribution in [0.3, 0.4) is 0 Å². The molecule has 2 aliphatic rings. The number of halogens is 3. The molecule has 1 atom stereocenters. The fraction of sp³-hybridized carbons (Fsp3) is 0.560. The van der Waals surface area contributed by atoms with E-state index >= 15 is 4.39 Å². The standard InChI is InChI=1S/C25H32F3N5O2/c1-24(27,28)18-8-6-17(7-9-18)19-14-35-13-12-33(19)22-20(26)21(30-16-31-22)29-15-25(10-4-5-11-25)23(34)32(2)3/h6-9,16,19H,4-5,10-15H2,1-3H3,(H,29,30,31). The van der Waals surface area contributed by atoms with Crippen LogP contribution in [0.1, 0.15) is 49.8 Å². The van der Waals surface area contributed by atoms with E-state index in [-0.39, 0.29) is 36.3 Å². The molecule has 1 N–H and O–H groups in total. The van der Waals surface area contributed by atoms with E-state index in [4.69, 9.17) is 4.74 Å². The first-order chi connectivity index (χ1) is 16.6. The van der Waals surface area contributed by atoms with Gasteiger partial charge in [0, 0.05) is 39.7 Å². The highest BCUT2D eigenvalue weighted by Gasteiger charge is 2.42. The zero-order valence-electron chi connectivity index (χ0n) is 20.4. The van der Waals surface area contributed by atoms with Gasteiger partial charge >= 0.3 is 0 Å². The number of nitrogens with one attached hydrogen (secondary N) is 1. The second-order valence-corrected chi connectivity index (χ2v) is 9.69. The molecule has 1 aliphatic heterocycles. The summed E-state index contributed by atoms with van der Waals surface area (Å²) in [5.41, 5.74) is 0.0649. The molecule has 10 heteroatoms. The Balaban J connectivity index is 1.57. The Morgan fingerprint density at radius 3 is 2.54 bits per heavy atom. The molecule has 2 heterocycles. The van der Waals surface area contributed by atoms with Crippen LogP contribution in [0.4, 0.5) is 24.8 Å². The zero-order chi connectivity index (χ0) is 25.2. The van der Waals surface area contributed by atoms with Gasteiger partial charge in [0.1, 0.15) is 6.33 Å². The normalized spacial score (nSPS) is 20.1. The number of aromatic nitrogens is 2. The Morgan fingerprint density at radius 1 is 1.23 bits per heavy atom. The van der Waals surface area contributed by atoms with Crippen molar-refractivity contribution in [1.82, 2.24) is 14.9 Å². The van der Waals surface area contributed by atoms with Crippen molar-refractivity contribution in [2.75, 3.05) is 50.6 Å². The van der Waals surface area contributed by atoms with Gasteiger partial charge in [0.05, 0.1) is 24.7 Å². The first kappa shape index (κ1) is 25.2. The Hall–Kier alpha value is -2.88. The molecule has 1 aromatic heterocycles. The van der Waals surface area contributed by atoms with E-state index in [1.54, 1.807) is 36.0 Å². The van der Waals surface area contributed by atoms with Gasteiger partial charge in [-0.1, -0.05) is 37.1 Å². The van der Waals surface area contributed by atoms with Gasteiger partial charge in [-0.3, -0.25) is 4.79 Å². The predicted molar refractivity (Wildman–Crippen MR) is 127 cm³/mol. The maximum absolute atomic E-state index is 15.7. The van der Waals surface area contributed by atoms with E-state index in [2.05, 4.69) is 15.3 Å². The van der Waals surface area contributed by atoms with Crippen molar-refractivity contribution >= 4 is 17.5 Å². The van der Waals surface area contributed by atoms with Gasteiger partial charge in [-0.05, 0) is 18.4 Å². The van der Waals surface area contributed by atoms with E-state index in [1.165, 1.54) is 18.5 Å². The minimum atomic E-state index is -2.94. The van der Waals surface area contributed by atoms with Crippen LogP contribution in [0, 0.1) is 11.2 Å². The molecule has 1 amide bonds. The summed E-state index contributed by atoms with van der Waals surface area (Å²) in [5.74, 6) is -3.36. The number of benzene rings is 1. The minimum absolute atomic E-state index is 0.0338. The highest BCUT2D eigenvalue weighted by molar-refractivity contribution is 5.83. The number of rotatable bonds is 7. The lowest BCUT2D eigenvalue weighted by Crippen LogP contribution is -2.43. The Morgan fingerprint density at radius 2 is 1.91 bits per heavy atom. The molecule has 1 saturated heterocycles. The van der Waals surface area contributed by atoms with Crippen molar-refractivity contribution in [1.29, 1.82) is 0 Å². The number of ether oxygens (including phenoxy) is 1. The van der Waals surface area contributed by atoms with E-state index in [0.717, 1.165) is 38.2 Å². The number of morpholine rings is 1. The van der Waals surface area contributed by atoms with E-state index in [0.29, 0.717) is 13.2 Å². The van der Waals surface area contributed by atoms with Crippen molar-refractivity contribution in [2.45, 2.75) is 44.6 Å². The largest absolute Gasteiger partial charge is 0.377 e. The lowest BCUT2D eigenvalue weighted by molar-refractivity contribution is -0.138. The Labute approximate surface area is 203 Å². The summed E-state index contributed by atoms with van der Waals surface area (Å²) in [6, 6.07) is 5.61. The van der Waals surface area contributed by atoms with Crippen LogP contribution in [-0.4, -0.2) is 61.2 Å². The summed E-state index contributed by atoms with van der Waals surface area (Å²) in [6.07, 6.45) is 4.70. The summed E-state index contributed by atoms with van der Waals surface area (Å²) in [6.45, 7) is 2.18. The molecule has 4 rings (SSSR count). The van der Waals surface area contributed by atoms with E-state index in [1.807, 2.05) is 0 Å². The maximum Gasteiger partial charge on any atom is 0.270 e. The number of carbonyl (C=O) groups is 1. The molecule has 1 unspecified atom stereocenters. The van der Waals surface area contributed by atoms with Gasteiger partial charge in [0.15, 0.2) is 11.6 Å². The van der Waals surface area contributed by atoms with Crippen molar-refractivity contribution in [3.05, 3.63) is 47.5 Å². The highest BCUT2D eigenvalue weighted by Crippen LogP contribution is 2.40. The lowest BCUT2D eigenvalue weighted by Gasteiger charge is -2.37. The molecule has 2 aromatic rings. The fourth-order valence-electron chi connectivity index (χ4n) is 5.06. The molecule has 35 heavy (non-hydrogen) atoms.